The maximum Gasteiger partial charge on any atom is 0.397 e. The fourth-order valence-corrected chi connectivity index (χ4v) is 5.96. The van der Waals surface area contributed by atoms with Crippen LogP contribution in [-0.4, -0.2) is 173 Å². The molecule has 22 nitrogen and oxygen atoms in total. The summed E-state index contributed by atoms with van der Waals surface area (Å²) < 4.78 is 99.3. The molecule has 3 saturated heterocycles. The maximum absolute atomic E-state index is 12.0. The van der Waals surface area contributed by atoms with E-state index in [0.717, 1.165) is 13.8 Å². The van der Waals surface area contributed by atoms with Gasteiger partial charge in [-0.15, -0.1) is 0 Å². The number of hydrogen-bond donors (Lipinski definition) is 10. The molecule has 0 unspecified atom stereocenters. The molecule has 0 saturated carbocycles. The molecule has 0 aromatic rings. The van der Waals surface area contributed by atoms with Crippen LogP contribution in [0.3, 0.4) is 0 Å². The monoisotopic (exact) mass is 689 g/mol. The van der Waals surface area contributed by atoms with Crippen LogP contribution in [0.25, 0.3) is 0 Å². The standard InChI is InChI=1S/C20H35NO21S2/c1-5-14(41-43(30,31)32)11(26)12(27)19(36-5)40-16-9(21-6(2)24)18(29)37-8(4-23)15(16)39-20-13(28)17(42-44(33,34)35)10(25)7(3-22)38-20/h5,7-20,22-23,25-29H,3-4H2,1-2H3,(H,21,24)(H,30,31,32)(H,33,34,35)/t5-,7+,8+,9+,10-,11-,12-,13+,14+,15+,16+,17-,18+,19-,20-/m0/s1. The highest BCUT2D eigenvalue weighted by atomic mass is 32.3. The molecule has 44 heavy (non-hydrogen) atoms. The summed E-state index contributed by atoms with van der Waals surface area (Å²) in [5.74, 6) is -0.786. The smallest absolute Gasteiger partial charge is 0.394 e. The van der Waals surface area contributed by atoms with Gasteiger partial charge in [-0.25, -0.2) is 8.37 Å². The van der Waals surface area contributed by atoms with Crippen LogP contribution in [0.4, 0.5) is 0 Å². The van der Waals surface area contributed by atoms with Gasteiger partial charge in [-0.05, 0) is 6.92 Å². The Morgan fingerprint density at radius 3 is 1.75 bits per heavy atom. The van der Waals surface area contributed by atoms with Crippen LogP contribution < -0.4 is 5.32 Å². The van der Waals surface area contributed by atoms with Crippen molar-refractivity contribution in [3.05, 3.63) is 0 Å². The summed E-state index contributed by atoms with van der Waals surface area (Å²) in [6, 6.07) is -1.64. The van der Waals surface area contributed by atoms with Crippen molar-refractivity contribution >= 4 is 26.7 Å². The number of carbonyl (C=O) groups is 1. The van der Waals surface area contributed by atoms with Gasteiger partial charge in [-0.2, -0.15) is 16.8 Å². The SMILES string of the molecule is CC(=O)N[C@@H]1[C@@H](O[C@@H]2O[C@@H](C)[C@@H](OS(=O)(=O)O)[C@@H](O)[C@@H]2O)[C@H](O[C@@H]2O[C@H](CO)[C@H](O)[C@H](OS(=O)(=O)O)[C@H]2O)[C@@H](CO)O[C@H]1O. The highest BCUT2D eigenvalue weighted by molar-refractivity contribution is 7.81. The fourth-order valence-electron chi connectivity index (χ4n) is 4.90. The van der Waals surface area contributed by atoms with Crippen LogP contribution in [-0.2, 0) is 57.6 Å². The number of hydrogen-bond acceptors (Lipinski definition) is 19. The van der Waals surface area contributed by atoms with Gasteiger partial charge < -0.3 is 64.7 Å². The highest BCUT2D eigenvalue weighted by Gasteiger charge is 2.55. The third-order valence-electron chi connectivity index (χ3n) is 6.86. The molecule has 0 aromatic heterocycles. The van der Waals surface area contributed by atoms with Crippen molar-refractivity contribution in [1.29, 1.82) is 0 Å². The van der Waals surface area contributed by atoms with Crippen LogP contribution in [0.5, 0.6) is 0 Å². The third kappa shape index (κ3) is 8.96. The first-order chi connectivity index (χ1) is 20.3. The molecule has 3 rings (SSSR count). The van der Waals surface area contributed by atoms with Gasteiger partial charge in [0.2, 0.25) is 5.91 Å². The number of aliphatic hydroxyl groups excluding tert-OH is 7. The molecule has 10 N–H and O–H groups in total. The first-order valence-corrected chi connectivity index (χ1v) is 15.5. The topological polar surface area (TPSA) is 344 Å². The Morgan fingerprint density at radius 1 is 0.705 bits per heavy atom. The van der Waals surface area contributed by atoms with Crippen LogP contribution in [0.2, 0.25) is 0 Å². The number of aliphatic hydroxyl groups is 7. The minimum absolute atomic E-state index is 0.786. The molecule has 0 aromatic carbocycles. The first-order valence-electron chi connectivity index (χ1n) is 12.8. The van der Waals surface area contributed by atoms with Crippen molar-refractivity contribution in [3.63, 3.8) is 0 Å². The number of carbonyl (C=O) groups excluding carboxylic acids is 1. The van der Waals surface area contributed by atoms with Gasteiger partial charge in [-0.3, -0.25) is 13.9 Å². The third-order valence-corrected chi connectivity index (χ3v) is 7.79. The Bertz CT molecular complexity index is 1190. The van der Waals surface area contributed by atoms with Gasteiger partial charge in [0.05, 0.1) is 19.3 Å². The van der Waals surface area contributed by atoms with Gasteiger partial charge >= 0.3 is 20.8 Å². The summed E-state index contributed by atoms with van der Waals surface area (Å²) in [7, 11) is -10.4. The summed E-state index contributed by atoms with van der Waals surface area (Å²) in [4.78, 5) is 12.0. The molecule has 3 heterocycles. The van der Waals surface area contributed by atoms with Crippen molar-refractivity contribution in [2.24, 2.45) is 0 Å². The Labute approximate surface area is 249 Å². The minimum Gasteiger partial charge on any atom is -0.394 e. The molecule has 3 fully saturated rings. The lowest BCUT2D eigenvalue weighted by Crippen LogP contribution is -2.69. The zero-order valence-electron chi connectivity index (χ0n) is 22.8. The van der Waals surface area contributed by atoms with Gasteiger partial charge in [0, 0.05) is 6.92 Å². The zero-order valence-corrected chi connectivity index (χ0v) is 24.4. The van der Waals surface area contributed by atoms with E-state index in [0.29, 0.717) is 0 Å². The highest BCUT2D eigenvalue weighted by Crippen LogP contribution is 2.34. The van der Waals surface area contributed by atoms with E-state index in [-0.39, 0.29) is 0 Å². The molecule has 258 valence electrons. The molecular weight excluding hydrogens is 654 g/mol. The van der Waals surface area contributed by atoms with E-state index < -0.39 is 132 Å². The maximum atomic E-state index is 12.0. The van der Waals surface area contributed by atoms with Gasteiger partial charge in [0.1, 0.15) is 67.1 Å². The Kier molecular flexibility index (Phi) is 12.4. The summed E-state index contributed by atoms with van der Waals surface area (Å²) >= 11 is 0. The second kappa shape index (κ2) is 14.7. The molecule has 0 radical (unpaired) electrons. The Balaban J connectivity index is 1.97. The number of nitrogens with one attached hydrogen (secondary N) is 1. The summed E-state index contributed by atoms with van der Waals surface area (Å²) in [6.07, 6.45) is -26.8. The number of rotatable bonds is 11. The van der Waals surface area contributed by atoms with E-state index >= 15 is 0 Å². The average Bonchev–Trinajstić information content (AvgIpc) is 2.90. The molecule has 0 bridgehead atoms. The summed E-state index contributed by atoms with van der Waals surface area (Å²) in [6.45, 7) is 0.219. The van der Waals surface area contributed by atoms with Gasteiger partial charge in [-0.1, -0.05) is 0 Å². The minimum atomic E-state index is -5.30. The van der Waals surface area contributed by atoms with Crippen molar-refractivity contribution in [2.45, 2.75) is 106 Å². The lowest BCUT2D eigenvalue weighted by Gasteiger charge is -2.49. The lowest BCUT2D eigenvalue weighted by molar-refractivity contribution is -0.368. The van der Waals surface area contributed by atoms with Crippen molar-refractivity contribution < 1.29 is 98.5 Å². The van der Waals surface area contributed by atoms with Crippen LogP contribution in [0.1, 0.15) is 13.8 Å². The largest absolute Gasteiger partial charge is 0.397 e. The van der Waals surface area contributed by atoms with Crippen molar-refractivity contribution in [3.8, 4) is 0 Å². The number of ether oxygens (including phenoxy) is 5. The van der Waals surface area contributed by atoms with E-state index in [2.05, 4.69) is 13.7 Å². The molecule has 3 aliphatic rings. The van der Waals surface area contributed by atoms with Crippen molar-refractivity contribution in [1.82, 2.24) is 5.32 Å². The van der Waals surface area contributed by atoms with Crippen LogP contribution >= 0.6 is 0 Å². The zero-order chi connectivity index (χ0) is 33.3. The van der Waals surface area contributed by atoms with Crippen molar-refractivity contribution in [2.75, 3.05) is 13.2 Å². The molecule has 3 aliphatic heterocycles. The fraction of sp³-hybridized carbons (Fsp3) is 0.950. The normalized spacial score (nSPS) is 43.8. The number of amides is 1. The molecule has 15 atom stereocenters. The van der Waals surface area contributed by atoms with Gasteiger partial charge in [0.25, 0.3) is 0 Å². The second-order valence-corrected chi connectivity index (χ2v) is 12.1. The second-order valence-electron chi connectivity index (χ2n) is 10.0. The average molecular weight is 690 g/mol. The Morgan fingerprint density at radius 2 is 1.23 bits per heavy atom. The van der Waals surface area contributed by atoms with E-state index in [9.17, 15) is 57.4 Å². The van der Waals surface area contributed by atoms with Crippen LogP contribution in [0, 0.1) is 0 Å². The first kappa shape index (κ1) is 37.2. The Hall–Kier alpha value is -1.27. The predicted molar refractivity (Wildman–Crippen MR) is 132 cm³/mol. The molecule has 0 spiro atoms. The lowest BCUT2D eigenvalue weighted by atomic mass is 9.94. The van der Waals surface area contributed by atoms with E-state index in [1.54, 1.807) is 0 Å². The van der Waals surface area contributed by atoms with E-state index in [1.807, 2.05) is 0 Å². The molecular formula is C20H35NO21S2. The van der Waals surface area contributed by atoms with Gasteiger partial charge in [0.15, 0.2) is 18.9 Å². The quantitative estimate of drug-likeness (QED) is 0.0901. The summed E-state index contributed by atoms with van der Waals surface area (Å²) in [5.41, 5.74) is 0. The molecule has 1 amide bonds. The van der Waals surface area contributed by atoms with E-state index in [4.69, 9.17) is 32.8 Å². The van der Waals surface area contributed by atoms with Crippen LogP contribution in [0.15, 0.2) is 0 Å². The predicted octanol–water partition coefficient (Wildman–Crippen LogP) is -6.75. The van der Waals surface area contributed by atoms with E-state index in [1.165, 1.54) is 0 Å². The summed E-state index contributed by atoms with van der Waals surface area (Å²) in [5, 5.41) is 74.7. The molecule has 0 aliphatic carbocycles. The molecule has 24 heteroatoms.